The molecule has 0 fully saturated rings. The van der Waals surface area contributed by atoms with Crippen molar-refractivity contribution in [2.24, 2.45) is 0 Å². The first-order chi connectivity index (χ1) is 10.8. The molecule has 0 spiro atoms. The third-order valence-corrected chi connectivity index (χ3v) is 3.86. The van der Waals surface area contributed by atoms with Crippen LogP contribution in [0, 0.1) is 6.92 Å². The molecule has 3 aromatic rings. The zero-order valence-corrected chi connectivity index (χ0v) is 13.9. The molecule has 0 aliphatic heterocycles. The lowest BCUT2D eigenvalue weighted by atomic mass is 10.1. The van der Waals surface area contributed by atoms with Gasteiger partial charge in [-0.2, -0.15) is 0 Å². The molecule has 7 heteroatoms. The molecule has 0 unspecified atom stereocenters. The van der Waals surface area contributed by atoms with Crippen molar-refractivity contribution in [2.75, 3.05) is 17.2 Å². The molecule has 5 nitrogen and oxygen atoms in total. The van der Waals surface area contributed by atoms with Crippen LogP contribution >= 0.6 is 23.2 Å². The van der Waals surface area contributed by atoms with Crippen LogP contribution in [0.3, 0.4) is 0 Å². The molecule has 0 amide bonds. The Morgan fingerprint density at radius 3 is 2.17 bits per heavy atom. The first kappa shape index (κ1) is 17.0. The molecule has 2 aromatic carbocycles. The smallest absolute Gasteiger partial charge is 0.248 e. The summed E-state index contributed by atoms with van der Waals surface area (Å²) in [6.07, 6.45) is 0. The quantitative estimate of drug-likeness (QED) is 0.464. The van der Waals surface area contributed by atoms with Gasteiger partial charge < -0.3 is 22.2 Å². The number of aryl methyl sites for hydroxylation is 1. The molecule has 23 heavy (non-hydrogen) atoms. The molecular weight excluding hydrogens is 335 g/mol. The van der Waals surface area contributed by atoms with Crippen molar-refractivity contribution in [3.8, 4) is 0 Å². The number of hydrogen-bond acceptors (Lipinski definition) is 4. The Morgan fingerprint density at radius 1 is 0.913 bits per heavy atom. The molecule has 0 bridgehead atoms. The fourth-order valence-electron chi connectivity index (χ4n) is 2.03. The maximum Gasteiger partial charge on any atom is 0.248 e. The number of nitrogen functional groups attached to an aromatic ring is 3. The Hall–Kier alpha value is -2.37. The first-order valence-electron chi connectivity index (χ1n) is 6.67. The highest BCUT2D eigenvalue weighted by Gasteiger charge is 2.03. The van der Waals surface area contributed by atoms with E-state index in [4.69, 9.17) is 40.4 Å². The average molecular weight is 351 g/mol. The lowest BCUT2D eigenvalue weighted by Crippen LogP contribution is -2.05. The number of H-pyrrole nitrogens is 1. The highest BCUT2D eigenvalue weighted by atomic mass is 35.5. The predicted octanol–water partition coefficient (Wildman–Crippen LogP) is 3.58. The Bertz CT molecular complexity index is 922. The average Bonchev–Trinajstić information content (AvgIpc) is 2.46. The van der Waals surface area contributed by atoms with E-state index in [2.05, 4.69) is 4.98 Å². The molecule has 0 saturated heterocycles. The minimum Gasteiger partial charge on any atom is -0.399 e. The summed E-state index contributed by atoms with van der Waals surface area (Å²) in [6.45, 7) is 1.87. The number of pyridine rings is 1. The zero-order valence-electron chi connectivity index (χ0n) is 12.4. The first-order valence-corrected chi connectivity index (χ1v) is 7.42. The second-order valence-corrected chi connectivity index (χ2v) is 5.83. The molecule has 1 aromatic heterocycles. The van der Waals surface area contributed by atoms with Crippen molar-refractivity contribution < 1.29 is 0 Å². The Morgan fingerprint density at radius 2 is 1.57 bits per heavy atom. The molecule has 3 rings (SSSR count). The van der Waals surface area contributed by atoms with Crippen LogP contribution in [0.4, 0.5) is 17.1 Å². The van der Waals surface area contributed by atoms with Crippen LogP contribution in [-0.2, 0) is 0 Å². The van der Waals surface area contributed by atoms with Crippen LogP contribution in [-0.4, -0.2) is 4.98 Å². The minimum atomic E-state index is -0.128. The normalized spacial score (nSPS) is 10.2. The number of nitrogens with two attached hydrogens (primary N) is 3. The van der Waals surface area contributed by atoms with Gasteiger partial charge in [0.15, 0.2) is 0 Å². The van der Waals surface area contributed by atoms with Crippen molar-refractivity contribution in [1.29, 1.82) is 0 Å². The monoisotopic (exact) mass is 350 g/mol. The van der Waals surface area contributed by atoms with Crippen LogP contribution < -0.4 is 22.8 Å². The van der Waals surface area contributed by atoms with E-state index in [1.165, 1.54) is 6.07 Å². The Balaban J connectivity index is 0.000000185. The highest BCUT2D eigenvalue weighted by Crippen LogP contribution is 2.25. The molecule has 7 N–H and O–H groups in total. The summed E-state index contributed by atoms with van der Waals surface area (Å²) in [5.74, 6) is 0. The summed E-state index contributed by atoms with van der Waals surface area (Å²) in [7, 11) is 0. The van der Waals surface area contributed by atoms with Gasteiger partial charge in [0.05, 0.1) is 26.9 Å². The predicted molar refractivity (Wildman–Crippen MR) is 99.0 cm³/mol. The molecule has 0 atom stereocenters. The Labute approximate surface area is 143 Å². The zero-order chi connectivity index (χ0) is 17.1. The van der Waals surface area contributed by atoms with E-state index in [0.717, 1.165) is 16.5 Å². The van der Waals surface area contributed by atoms with Crippen molar-refractivity contribution in [3.63, 3.8) is 0 Å². The number of fused-ring (bicyclic) bond motifs is 1. The summed E-state index contributed by atoms with van der Waals surface area (Å²) >= 11 is 11.5. The van der Waals surface area contributed by atoms with Gasteiger partial charge in [-0.1, -0.05) is 23.2 Å². The maximum absolute atomic E-state index is 11.2. The second kappa shape index (κ2) is 6.81. The molecule has 0 saturated carbocycles. The number of hydrogen-bond donors (Lipinski definition) is 4. The van der Waals surface area contributed by atoms with Gasteiger partial charge in [-0.3, -0.25) is 4.79 Å². The largest absolute Gasteiger partial charge is 0.399 e. The summed E-state index contributed by atoms with van der Waals surface area (Å²) in [5.41, 5.74) is 19.5. The van der Waals surface area contributed by atoms with E-state index in [9.17, 15) is 4.79 Å². The Kier molecular flexibility index (Phi) is 5.03. The summed E-state index contributed by atoms with van der Waals surface area (Å²) < 4.78 is 0. The number of halogens is 2. The molecule has 1 heterocycles. The van der Waals surface area contributed by atoms with Gasteiger partial charge in [0, 0.05) is 17.1 Å². The van der Waals surface area contributed by atoms with E-state index >= 15 is 0 Å². The topological polar surface area (TPSA) is 111 Å². The van der Waals surface area contributed by atoms with Crippen LogP contribution in [0.15, 0.2) is 41.2 Å². The minimum absolute atomic E-state index is 0.128. The number of aromatic amines is 1. The standard InChI is InChI=1S/C10H9ClN2O.C6H7ClN2/c1-5-2-10(14)13-9-4-8(12)7(11)3-6(5)9;7-5-2-1-4(8)3-6(5)9/h2-4H,12H2,1H3,(H,13,14);1-3H,8-9H2. The van der Waals surface area contributed by atoms with Gasteiger partial charge in [0.2, 0.25) is 5.56 Å². The number of nitrogens with one attached hydrogen (secondary N) is 1. The fraction of sp³-hybridized carbons (Fsp3) is 0.0625. The highest BCUT2D eigenvalue weighted by molar-refractivity contribution is 6.34. The van der Waals surface area contributed by atoms with Crippen LogP contribution in [0.25, 0.3) is 10.9 Å². The van der Waals surface area contributed by atoms with Crippen LogP contribution in [0.5, 0.6) is 0 Å². The van der Waals surface area contributed by atoms with Crippen molar-refractivity contribution in [1.82, 2.24) is 4.98 Å². The molecule has 0 aliphatic rings. The lowest BCUT2D eigenvalue weighted by Gasteiger charge is -2.04. The number of anilines is 3. The van der Waals surface area contributed by atoms with Crippen molar-refractivity contribution in [3.05, 3.63) is 62.4 Å². The van der Waals surface area contributed by atoms with Crippen molar-refractivity contribution >= 4 is 51.2 Å². The fourth-order valence-corrected chi connectivity index (χ4v) is 2.31. The van der Waals surface area contributed by atoms with Gasteiger partial charge in [-0.15, -0.1) is 0 Å². The van der Waals surface area contributed by atoms with E-state index < -0.39 is 0 Å². The molecular formula is C16H16Cl2N4O. The van der Waals surface area contributed by atoms with E-state index in [1.54, 1.807) is 30.3 Å². The van der Waals surface area contributed by atoms with Crippen LogP contribution in [0.1, 0.15) is 5.56 Å². The molecule has 120 valence electrons. The third-order valence-electron chi connectivity index (χ3n) is 3.19. The van der Waals surface area contributed by atoms with Crippen LogP contribution in [0.2, 0.25) is 10.0 Å². The SMILES string of the molecule is Cc1cc(=O)[nH]c2cc(N)c(Cl)cc12.Nc1ccc(Cl)c(N)c1. The molecule has 0 radical (unpaired) electrons. The van der Waals surface area contributed by atoms with Gasteiger partial charge in [-0.05, 0) is 42.8 Å². The number of aromatic nitrogens is 1. The summed E-state index contributed by atoms with van der Waals surface area (Å²) in [6, 6.07) is 9.98. The van der Waals surface area contributed by atoms with E-state index in [1.807, 2.05) is 6.92 Å². The van der Waals surface area contributed by atoms with E-state index in [-0.39, 0.29) is 5.56 Å². The maximum atomic E-state index is 11.2. The van der Waals surface area contributed by atoms with Gasteiger partial charge in [0.25, 0.3) is 0 Å². The summed E-state index contributed by atoms with van der Waals surface area (Å²) in [5, 5.41) is 1.97. The summed E-state index contributed by atoms with van der Waals surface area (Å²) in [4.78, 5) is 13.9. The second-order valence-electron chi connectivity index (χ2n) is 5.02. The van der Waals surface area contributed by atoms with Gasteiger partial charge >= 0.3 is 0 Å². The van der Waals surface area contributed by atoms with Crippen molar-refractivity contribution in [2.45, 2.75) is 6.92 Å². The third kappa shape index (κ3) is 4.09. The lowest BCUT2D eigenvalue weighted by molar-refractivity contribution is 1.28. The number of rotatable bonds is 0. The molecule has 0 aliphatic carbocycles. The number of benzene rings is 2. The van der Waals surface area contributed by atoms with Gasteiger partial charge in [0.1, 0.15) is 0 Å². The van der Waals surface area contributed by atoms with E-state index in [0.29, 0.717) is 27.1 Å². The van der Waals surface area contributed by atoms with Gasteiger partial charge in [-0.25, -0.2) is 0 Å².